The second kappa shape index (κ2) is 5.51. The molecule has 0 radical (unpaired) electrons. The highest BCUT2D eigenvalue weighted by Crippen LogP contribution is 2.20. The average molecular weight is 284 g/mol. The van der Waals surface area contributed by atoms with Gasteiger partial charge < -0.3 is 14.8 Å². The van der Waals surface area contributed by atoms with Crippen molar-refractivity contribution < 1.29 is 14.8 Å². The van der Waals surface area contributed by atoms with E-state index in [1.54, 1.807) is 19.2 Å². The van der Waals surface area contributed by atoms with Crippen LogP contribution < -0.4 is 10.2 Å². The molecule has 1 aromatic heterocycles. The number of tetrazole rings is 1. The smallest absolute Gasteiger partial charge is 0.485 e. The molecule has 0 aliphatic rings. The highest BCUT2D eigenvalue weighted by molar-refractivity contribution is 6.58. The number of hydrogen-bond donors (Lipinski definition) is 2. The van der Waals surface area contributed by atoms with Gasteiger partial charge in [0.25, 0.3) is 0 Å². The van der Waals surface area contributed by atoms with E-state index < -0.39 is 7.12 Å². The van der Waals surface area contributed by atoms with Crippen LogP contribution in [-0.2, 0) is 13.7 Å². The summed E-state index contributed by atoms with van der Waals surface area (Å²) in [5, 5.41) is 31.8. The molecule has 2 N–H and O–H groups in total. The molecule has 0 saturated carbocycles. The summed E-state index contributed by atoms with van der Waals surface area (Å²) >= 11 is 0. The second-order valence-electron chi connectivity index (χ2n) is 4.63. The van der Waals surface area contributed by atoms with Crippen LogP contribution in [0.1, 0.15) is 5.82 Å². The minimum atomic E-state index is -1.46. The van der Waals surface area contributed by atoms with Crippen molar-refractivity contribution in [1.82, 2.24) is 20.2 Å². The van der Waals surface area contributed by atoms with Gasteiger partial charge in [0.1, 0.15) is 5.75 Å². The first kappa shape index (κ1) is 13.5. The maximum atomic E-state index is 9.16. The van der Waals surface area contributed by atoms with Gasteiger partial charge in [0.15, 0.2) is 6.61 Å². The number of hydrogen-bond acceptors (Lipinski definition) is 6. The first-order valence-corrected chi connectivity index (χ1v) is 6.37. The largest absolute Gasteiger partial charge is 0.488 e. The molecule has 0 unspecified atom stereocenters. The van der Waals surface area contributed by atoms with Gasteiger partial charge in [-0.15, -0.1) is 10.2 Å². The summed E-state index contributed by atoms with van der Waals surface area (Å²) < 4.78 is 5.61. The zero-order valence-corrected chi connectivity index (χ0v) is 11.3. The Labute approximate surface area is 120 Å². The highest BCUT2D eigenvalue weighted by Gasteiger charge is 2.11. The fourth-order valence-electron chi connectivity index (χ4n) is 2.02. The lowest BCUT2D eigenvalue weighted by atomic mass is 9.79. The number of nitrogens with zero attached hydrogens (tertiary/aromatic N) is 4. The Morgan fingerprint density at radius 3 is 2.62 bits per heavy atom. The summed E-state index contributed by atoms with van der Waals surface area (Å²) in [5.74, 6) is 1.20. The van der Waals surface area contributed by atoms with E-state index in [0.717, 1.165) is 10.8 Å². The fourth-order valence-corrected chi connectivity index (χ4v) is 2.02. The third kappa shape index (κ3) is 3.01. The van der Waals surface area contributed by atoms with Gasteiger partial charge in [-0.2, -0.15) is 4.80 Å². The van der Waals surface area contributed by atoms with Crippen molar-refractivity contribution in [3.05, 3.63) is 42.2 Å². The molecular weight excluding hydrogens is 271 g/mol. The first-order chi connectivity index (χ1) is 10.1. The number of aryl methyl sites for hydroxylation is 1. The lowest BCUT2D eigenvalue weighted by Gasteiger charge is -2.06. The van der Waals surface area contributed by atoms with Gasteiger partial charge in [0.05, 0.1) is 7.05 Å². The van der Waals surface area contributed by atoms with Crippen LogP contribution in [0.3, 0.4) is 0 Å². The molecule has 0 bridgehead atoms. The molecule has 2 aromatic carbocycles. The zero-order chi connectivity index (χ0) is 14.8. The van der Waals surface area contributed by atoms with E-state index in [2.05, 4.69) is 15.4 Å². The standard InChI is InChI=1S/C13H13BN4O3/c1-18-16-13(15-17-18)8-21-12-5-3-9-6-11(14(19)20)4-2-10(9)7-12/h2-7,19-20H,8H2,1H3. The molecule has 3 rings (SSSR count). The molecule has 0 fully saturated rings. The fraction of sp³-hybridized carbons (Fsp3) is 0.154. The monoisotopic (exact) mass is 284 g/mol. The number of rotatable bonds is 4. The zero-order valence-electron chi connectivity index (χ0n) is 11.3. The van der Waals surface area contributed by atoms with Crippen molar-refractivity contribution >= 4 is 23.4 Å². The summed E-state index contributed by atoms with van der Waals surface area (Å²) in [5.41, 5.74) is 0.458. The van der Waals surface area contributed by atoms with Crippen molar-refractivity contribution in [2.75, 3.05) is 0 Å². The van der Waals surface area contributed by atoms with Crippen molar-refractivity contribution in [1.29, 1.82) is 0 Å². The summed E-state index contributed by atoms with van der Waals surface area (Å²) in [6.45, 7) is 0.243. The van der Waals surface area contributed by atoms with Gasteiger partial charge >= 0.3 is 7.12 Å². The van der Waals surface area contributed by atoms with E-state index in [9.17, 15) is 0 Å². The number of aromatic nitrogens is 4. The highest BCUT2D eigenvalue weighted by atomic mass is 16.5. The first-order valence-electron chi connectivity index (χ1n) is 6.37. The molecule has 0 spiro atoms. The van der Waals surface area contributed by atoms with Crippen LogP contribution in [0.15, 0.2) is 36.4 Å². The Bertz CT molecular complexity index is 775. The Hall–Kier alpha value is -2.45. The van der Waals surface area contributed by atoms with Gasteiger partial charge in [-0.1, -0.05) is 24.3 Å². The van der Waals surface area contributed by atoms with Crippen LogP contribution in [-0.4, -0.2) is 37.4 Å². The quantitative estimate of drug-likeness (QED) is 0.634. The molecule has 3 aromatic rings. The van der Waals surface area contributed by atoms with Crippen LogP contribution in [0, 0.1) is 0 Å². The Kier molecular flexibility index (Phi) is 3.55. The van der Waals surface area contributed by atoms with E-state index in [1.807, 2.05) is 24.3 Å². The minimum absolute atomic E-state index is 0.243. The summed E-state index contributed by atoms with van der Waals surface area (Å²) in [4.78, 5) is 1.38. The van der Waals surface area contributed by atoms with Gasteiger partial charge in [-0.3, -0.25) is 0 Å². The lowest BCUT2D eigenvalue weighted by Crippen LogP contribution is -2.29. The van der Waals surface area contributed by atoms with E-state index >= 15 is 0 Å². The third-order valence-electron chi connectivity index (χ3n) is 3.05. The maximum Gasteiger partial charge on any atom is 0.488 e. The second-order valence-corrected chi connectivity index (χ2v) is 4.63. The number of fused-ring (bicyclic) bond motifs is 1. The van der Waals surface area contributed by atoms with Gasteiger partial charge in [-0.25, -0.2) is 0 Å². The van der Waals surface area contributed by atoms with Gasteiger partial charge in [-0.05, 0) is 33.6 Å². The SMILES string of the molecule is Cn1nnc(COc2ccc3cc(B(O)O)ccc3c2)n1. The molecule has 0 aliphatic carbocycles. The summed E-state index contributed by atoms with van der Waals surface area (Å²) in [7, 11) is 0.229. The molecule has 21 heavy (non-hydrogen) atoms. The Morgan fingerprint density at radius 1 is 1.14 bits per heavy atom. The molecule has 0 saturated heterocycles. The van der Waals surface area contributed by atoms with E-state index in [-0.39, 0.29) is 6.61 Å². The maximum absolute atomic E-state index is 9.16. The number of benzene rings is 2. The summed E-state index contributed by atoms with van der Waals surface area (Å²) in [6.07, 6.45) is 0. The molecule has 0 amide bonds. The molecule has 1 heterocycles. The van der Waals surface area contributed by atoms with Gasteiger partial charge in [0.2, 0.25) is 5.82 Å². The van der Waals surface area contributed by atoms with Crippen molar-refractivity contribution in [3.8, 4) is 5.75 Å². The topological polar surface area (TPSA) is 93.3 Å². The van der Waals surface area contributed by atoms with E-state index in [0.29, 0.717) is 17.0 Å². The predicted molar refractivity (Wildman–Crippen MR) is 76.9 cm³/mol. The minimum Gasteiger partial charge on any atom is -0.485 e. The number of ether oxygens (including phenoxy) is 1. The molecule has 8 heteroatoms. The Morgan fingerprint density at radius 2 is 1.90 bits per heavy atom. The van der Waals surface area contributed by atoms with Crippen LogP contribution in [0.25, 0.3) is 10.8 Å². The predicted octanol–water partition coefficient (Wildman–Crippen LogP) is -0.378. The van der Waals surface area contributed by atoms with Crippen molar-refractivity contribution in [2.45, 2.75) is 6.61 Å². The molecule has 0 atom stereocenters. The van der Waals surface area contributed by atoms with Crippen LogP contribution in [0.5, 0.6) is 5.75 Å². The van der Waals surface area contributed by atoms with Crippen LogP contribution >= 0.6 is 0 Å². The lowest BCUT2D eigenvalue weighted by molar-refractivity contribution is 0.295. The molecule has 0 aliphatic heterocycles. The molecule has 106 valence electrons. The van der Waals surface area contributed by atoms with Crippen LogP contribution in [0.4, 0.5) is 0 Å². The van der Waals surface area contributed by atoms with E-state index in [1.165, 1.54) is 4.80 Å². The third-order valence-corrected chi connectivity index (χ3v) is 3.05. The van der Waals surface area contributed by atoms with Crippen molar-refractivity contribution in [2.24, 2.45) is 7.05 Å². The average Bonchev–Trinajstić information content (AvgIpc) is 2.90. The molecular formula is C13H13BN4O3. The van der Waals surface area contributed by atoms with E-state index in [4.69, 9.17) is 14.8 Å². The molecule has 7 nitrogen and oxygen atoms in total. The Balaban J connectivity index is 1.79. The van der Waals surface area contributed by atoms with Crippen molar-refractivity contribution in [3.63, 3.8) is 0 Å². The van der Waals surface area contributed by atoms with Gasteiger partial charge in [0, 0.05) is 0 Å². The summed E-state index contributed by atoms with van der Waals surface area (Å²) in [6, 6.07) is 10.8. The van der Waals surface area contributed by atoms with Crippen LogP contribution in [0.2, 0.25) is 0 Å². The normalized spacial score (nSPS) is 10.8.